The fourth-order valence-electron chi connectivity index (χ4n) is 2.56. The van der Waals surface area contributed by atoms with E-state index in [0.717, 1.165) is 11.1 Å². The predicted octanol–water partition coefficient (Wildman–Crippen LogP) is 2.96. The highest BCUT2D eigenvalue weighted by Crippen LogP contribution is 2.26. The standard InChI is InChI=1S/C20H19NO5/c1-13-7-8-18(24-2)16(9-13)21-19(22)12-26-20(23)15-10-14-5-3-4-6-17(14)25-11-15/h3-10H,11-12H2,1-2H3,(H,21,22). The average molecular weight is 353 g/mol. The van der Waals surface area contributed by atoms with Gasteiger partial charge >= 0.3 is 5.97 Å². The van der Waals surface area contributed by atoms with E-state index >= 15 is 0 Å². The highest BCUT2D eigenvalue weighted by atomic mass is 16.5. The zero-order valence-corrected chi connectivity index (χ0v) is 14.6. The number of esters is 1. The van der Waals surface area contributed by atoms with Gasteiger partial charge in [-0.1, -0.05) is 24.3 Å². The van der Waals surface area contributed by atoms with E-state index in [0.29, 0.717) is 22.8 Å². The van der Waals surface area contributed by atoms with Crippen LogP contribution in [0.5, 0.6) is 11.5 Å². The highest BCUT2D eigenvalue weighted by molar-refractivity contribution is 5.98. The van der Waals surface area contributed by atoms with Gasteiger partial charge < -0.3 is 19.5 Å². The van der Waals surface area contributed by atoms with Gasteiger partial charge in [0.25, 0.3) is 5.91 Å². The van der Waals surface area contributed by atoms with Gasteiger partial charge in [-0.3, -0.25) is 4.79 Å². The Morgan fingerprint density at radius 1 is 1.19 bits per heavy atom. The van der Waals surface area contributed by atoms with Crippen LogP contribution in [-0.4, -0.2) is 32.2 Å². The SMILES string of the molecule is COc1ccc(C)cc1NC(=O)COC(=O)C1=Cc2ccccc2OC1. The lowest BCUT2D eigenvalue weighted by atomic mass is 10.1. The van der Waals surface area contributed by atoms with Crippen molar-refractivity contribution < 1.29 is 23.8 Å². The highest BCUT2D eigenvalue weighted by Gasteiger charge is 2.19. The fraction of sp³-hybridized carbons (Fsp3) is 0.200. The van der Waals surface area contributed by atoms with Crippen LogP contribution in [0.15, 0.2) is 48.0 Å². The van der Waals surface area contributed by atoms with Crippen molar-refractivity contribution in [2.45, 2.75) is 6.92 Å². The number of para-hydroxylation sites is 1. The molecule has 1 heterocycles. The van der Waals surface area contributed by atoms with Crippen LogP contribution in [0.25, 0.3) is 6.08 Å². The molecule has 134 valence electrons. The molecule has 1 aliphatic rings. The van der Waals surface area contributed by atoms with E-state index in [2.05, 4.69) is 5.32 Å². The third-order valence-electron chi connectivity index (χ3n) is 3.86. The number of hydrogen-bond donors (Lipinski definition) is 1. The molecule has 26 heavy (non-hydrogen) atoms. The van der Waals surface area contributed by atoms with Crippen LogP contribution >= 0.6 is 0 Å². The molecule has 0 aliphatic carbocycles. The molecule has 0 spiro atoms. The number of methoxy groups -OCH3 is 1. The summed E-state index contributed by atoms with van der Waals surface area (Å²) in [7, 11) is 1.52. The van der Waals surface area contributed by atoms with Crippen LogP contribution in [0.3, 0.4) is 0 Å². The average Bonchev–Trinajstić information content (AvgIpc) is 2.66. The Balaban J connectivity index is 1.59. The van der Waals surface area contributed by atoms with Gasteiger partial charge in [0.05, 0.1) is 18.4 Å². The molecule has 2 aromatic rings. The van der Waals surface area contributed by atoms with E-state index in [9.17, 15) is 9.59 Å². The number of fused-ring (bicyclic) bond motifs is 1. The summed E-state index contributed by atoms with van der Waals surface area (Å²) in [5, 5.41) is 2.68. The second kappa shape index (κ2) is 7.74. The third kappa shape index (κ3) is 4.03. The molecule has 6 nitrogen and oxygen atoms in total. The number of carbonyl (C=O) groups is 2. The van der Waals surface area contributed by atoms with Crippen LogP contribution in [0.1, 0.15) is 11.1 Å². The molecular formula is C20H19NO5. The van der Waals surface area contributed by atoms with Crippen molar-refractivity contribution in [3.8, 4) is 11.5 Å². The minimum atomic E-state index is -0.578. The van der Waals surface area contributed by atoms with E-state index in [1.165, 1.54) is 7.11 Å². The van der Waals surface area contributed by atoms with Crippen molar-refractivity contribution in [1.29, 1.82) is 0 Å². The van der Waals surface area contributed by atoms with Crippen LogP contribution in [0, 0.1) is 6.92 Å². The number of nitrogens with one attached hydrogen (secondary N) is 1. The Labute approximate surface area is 151 Å². The second-order valence-electron chi connectivity index (χ2n) is 5.82. The summed E-state index contributed by atoms with van der Waals surface area (Å²) in [6.07, 6.45) is 1.71. The first-order chi connectivity index (χ1) is 12.6. The summed E-state index contributed by atoms with van der Waals surface area (Å²) in [6.45, 7) is 1.63. The second-order valence-corrected chi connectivity index (χ2v) is 5.82. The number of amides is 1. The number of anilines is 1. The number of rotatable bonds is 5. The summed E-state index contributed by atoms with van der Waals surface area (Å²) in [4.78, 5) is 24.2. The van der Waals surface area contributed by atoms with Gasteiger partial charge in [-0.15, -0.1) is 0 Å². The predicted molar refractivity (Wildman–Crippen MR) is 97.2 cm³/mol. The molecular weight excluding hydrogens is 334 g/mol. The monoisotopic (exact) mass is 353 g/mol. The molecule has 3 rings (SSSR count). The maximum atomic E-state index is 12.2. The zero-order valence-electron chi connectivity index (χ0n) is 14.6. The summed E-state index contributed by atoms with van der Waals surface area (Å²) < 4.78 is 15.8. The van der Waals surface area contributed by atoms with Gasteiger partial charge in [-0.05, 0) is 36.8 Å². The molecule has 0 bridgehead atoms. The Hall–Kier alpha value is -3.28. The Morgan fingerprint density at radius 2 is 2.00 bits per heavy atom. The van der Waals surface area contributed by atoms with Gasteiger partial charge in [0.2, 0.25) is 0 Å². The molecule has 1 amide bonds. The third-order valence-corrected chi connectivity index (χ3v) is 3.86. The van der Waals surface area contributed by atoms with Crippen molar-refractivity contribution in [3.05, 3.63) is 59.2 Å². The summed E-state index contributed by atoms with van der Waals surface area (Å²) >= 11 is 0. The van der Waals surface area contributed by atoms with Crippen molar-refractivity contribution in [2.75, 3.05) is 25.6 Å². The molecule has 2 aromatic carbocycles. The first kappa shape index (κ1) is 17.5. The molecule has 6 heteroatoms. The molecule has 1 N–H and O–H groups in total. The first-order valence-electron chi connectivity index (χ1n) is 8.11. The largest absolute Gasteiger partial charge is 0.495 e. The van der Waals surface area contributed by atoms with Gasteiger partial charge in [-0.25, -0.2) is 4.79 Å². The summed E-state index contributed by atoms with van der Waals surface area (Å²) in [5.74, 6) is 0.231. The maximum Gasteiger partial charge on any atom is 0.338 e. The number of benzene rings is 2. The molecule has 0 fully saturated rings. The molecule has 0 saturated heterocycles. The van der Waals surface area contributed by atoms with Gasteiger partial charge in [0.1, 0.15) is 18.1 Å². The molecule has 1 aliphatic heterocycles. The van der Waals surface area contributed by atoms with E-state index in [1.807, 2.05) is 37.3 Å². The topological polar surface area (TPSA) is 73.9 Å². The molecule has 0 unspecified atom stereocenters. The number of ether oxygens (including phenoxy) is 3. The van der Waals surface area contributed by atoms with Gasteiger partial charge in [0, 0.05) is 5.56 Å². The Morgan fingerprint density at radius 3 is 2.81 bits per heavy atom. The molecule has 0 radical (unpaired) electrons. The normalized spacial score (nSPS) is 12.3. The maximum absolute atomic E-state index is 12.2. The van der Waals surface area contributed by atoms with Gasteiger partial charge in [-0.2, -0.15) is 0 Å². The van der Waals surface area contributed by atoms with E-state index in [-0.39, 0.29) is 6.61 Å². The number of hydrogen-bond acceptors (Lipinski definition) is 5. The minimum absolute atomic E-state index is 0.114. The zero-order chi connectivity index (χ0) is 18.5. The minimum Gasteiger partial charge on any atom is -0.495 e. The van der Waals surface area contributed by atoms with E-state index in [4.69, 9.17) is 14.2 Å². The van der Waals surface area contributed by atoms with Crippen molar-refractivity contribution in [1.82, 2.24) is 0 Å². The fourth-order valence-corrected chi connectivity index (χ4v) is 2.56. The summed E-state index contributed by atoms with van der Waals surface area (Å²) in [6, 6.07) is 12.8. The number of carbonyl (C=O) groups excluding carboxylic acids is 2. The van der Waals surface area contributed by atoms with Crippen LogP contribution in [-0.2, 0) is 14.3 Å². The van der Waals surface area contributed by atoms with Gasteiger partial charge in [0.15, 0.2) is 6.61 Å². The van der Waals surface area contributed by atoms with Crippen molar-refractivity contribution >= 4 is 23.6 Å². The van der Waals surface area contributed by atoms with Crippen molar-refractivity contribution in [3.63, 3.8) is 0 Å². The lowest BCUT2D eigenvalue weighted by molar-refractivity contribution is -0.143. The summed E-state index contributed by atoms with van der Waals surface area (Å²) in [5.41, 5.74) is 2.67. The van der Waals surface area contributed by atoms with Crippen LogP contribution in [0.4, 0.5) is 5.69 Å². The van der Waals surface area contributed by atoms with Crippen LogP contribution in [0.2, 0.25) is 0 Å². The van der Waals surface area contributed by atoms with Crippen LogP contribution < -0.4 is 14.8 Å². The lowest BCUT2D eigenvalue weighted by Gasteiger charge is -2.17. The van der Waals surface area contributed by atoms with Crippen molar-refractivity contribution in [2.24, 2.45) is 0 Å². The Kier molecular flexibility index (Phi) is 5.22. The lowest BCUT2D eigenvalue weighted by Crippen LogP contribution is -2.24. The molecule has 0 aromatic heterocycles. The smallest absolute Gasteiger partial charge is 0.338 e. The van der Waals surface area contributed by atoms with E-state index in [1.54, 1.807) is 18.2 Å². The first-order valence-corrected chi connectivity index (χ1v) is 8.11. The molecule has 0 saturated carbocycles. The molecule has 0 atom stereocenters. The quantitative estimate of drug-likeness (QED) is 0.837. The Bertz CT molecular complexity index is 872. The van der Waals surface area contributed by atoms with E-state index < -0.39 is 18.5 Å². The number of aryl methyl sites for hydroxylation is 1.